The first-order chi connectivity index (χ1) is 8.19. The third kappa shape index (κ3) is 3.21. The van der Waals surface area contributed by atoms with E-state index in [1.54, 1.807) is 0 Å². The summed E-state index contributed by atoms with van der Waals surface area (Å²) < 4.78 is 8.81. The molecular weight excluding hydrogens is 327 g/mol. The molecule has 0 N–H and O–H groups in total. The fraction of sp³-hybridized carbons (Fsp3) is 0.308. The number of rotatable bonds is 4. The maximum atomic E-state index is 5.75. The first kappa shape index (κ1) is 12.4. The Hall–Kier alpha value is -1.04. The lowest BCUT2D eigenvalue weighted by Gasteiger charge is -2.06. The molecule has 2 rings (SSSR count). The van der Waals surface area contributed by atoms with Gasteiger partial charge in [-0.3, -0.25) is 4.68 Å². The molecule has 0 bridgehead atoms. The summed E-state index contributed by atoms with van der Waals surface area (Å²) in [4.78, 5) is 0. The molecule has 0 saturated carbocycles. The van der Waals surface area contributed by atoms with Crippen molar-refractivity contribution in [3.05, 3.63) is 45.3 Å². The van der Waals surface area contributed by atoms with Crippen LogP contribution in [0.4, 0.5) is 0 Å². The number of halogens is 1. The van der Waals surface area contributed by atoms with Gasteiger partial charge in [0.2, 0.25) is 0 Å². The third-order valence-electron chi connectivity index (χ3n) is 2.57. The molecule has 1 heterocycles. The zero-order valence-electron chi connectivity index (χ0n) is 9.98. The van der Waals surface area contributed by atoms with Crippen molar-refractivity contribution in [3.63, 3.8) is 0 Å². The highest BCUT2D eigenvalue weighted by Gasteiger charge is 2.04. The van der Waals surface area contributed by atoms with Crippen LogP contribution >= 0.6 is 22.6 Å². The fourth-order valence-corrected chi connectivity index (χ4v) is 2.11. The maximum Gasteiger partial charge on any atom is 0.130 e. The van der Waals surface area contributed by atoms with Crippen LogP contribution in [0.2, 0.25) is 0 Å². The van der Waals surface area contributed by atoms with Gasteiger partial charge in [-0.25, -0.2) is 0 Å². The molecule has 3 nitrogen and oxygen atoms in total. The molecule has 90 valence electrons. The van der Waals surface area contributed by atoms with Gasteiger partial charge in [-0.05, 0) is 53.3 Å². The van der Waals surface area contributed by atoms with Crippen molar-refractivity contribution >= 4 is 22.6 Å². The summed E-state index contributed by atoms with van der Waals surface area (Å²) in [5.41, 5.74) is 2.20. The van der Waals surface area contributed by atoms with Crippen molar-refractivity contribution in [2.75, 3.05) is 0 Å². The Kier molecular flexibility index (Phi) is 4.04. The third-order valence-corrected chi connectivity index (χ3v) is 3.24. The predicted octanol–water partition coefficient (Wildman–Crippen LogP) is 3.17. The summed E-state index contributed by atoms with van der Waals surface area (Å²) in [5.74, 6) is 0.899. The van der Waals surface area contributed by atoms with E-state index in [0.717, 1.165) is 23.6 Å². The van der Waals surface area contributed by atoms with Gasteiger partial charge in [-0.15, -0.1) is 0 Å². The van der Waals surface area contributed by atoms with Gasteiger partial charge in [0.25, 0.3) is 0 Å². The van der Waals surface area contributed by atoms with Crippen molar-refractivity contribution in [2.24, 2.45) is 7.05 Å². The molecule has 0 amide bonds. The number of benzene rings is 1. The molecule has 0 radical (unpaired) electrons. The van der Waals surface area contributed by atoms with Gasteiger partial charge < -0.3 is 4.74 Å². The number of ether oxygens (including phenoxy) is 1. The summed E-state index contributed by atoms with van der Waals surface area (Å²) in [6.07, 6.45) is 0.955. The van der Waals surface area contributed by atoms with Gasteiger partial charge in [-0.2, -0.15) is 5.10 Å². The van der Waals surface area contributed by atoms with Crippen molar-refractivity contribution in [2.45, 2.75) is 20.0 Å². The zero-order chi connectivity index (χ0) is 12.3. The summed E-state index contributed by atoms with van der Waals surface area (Å²) in [7, 11) is 1.95. The molecule has 0 aliphatic rings. The van der Waals surface area contributed by atoms with Gasteiger partial charge in [0.15, 0.2) is 0 Å². The van der Waals surface area contributed by atoms with Crippen LogP contribution in [-0.2, 0) is 20.1 Å². The minimum atomic E-state index is 0.559. The van der Waals surface area contributed by atoms with E-state index >= 15 is 0 Å². The van der Waals surface area contributed by atoms with Gasteiger partial charge >= 0.3 is 0 Å². The number of hydrogen-bond donors (Lipinski definition) is 0. The summed E-state index contributed by atoms with van der Waals surface area (Å²) in [5, 5.41) is 4.39. The Bertz CT molecular complexity index is 508. The minimum Gasteiger partial charge on any atom is -0.487 e. The highest BCUT2D eigenvalue weighted by atomic mass is 127. The van der Waals surface area contributed by atoms with E-state index in [1.165, 1.54) is 3.57 Å². The van der Waals surface area contributed by atoms with Crippen LogP contribution in [0, 0.1) is 3.57 Å². The van der Waals surface area contributed by atoms with Crippen LogP contribution in [0.3, 0.4) is 0 Å². The van der Waals surface area contributed by atoms with Gasteiger partial charge in [0.1, 0.15) is 12.4 Å². The van der Waals surface area contributed by atoms with Crippen LogP contribution < -0.4 is 4.74 Å². The van der Waals surface area contributed by atoms with Gasteiger partial charge in [0.05, 0.1) is 11.4 Å². The maximum absolute atomic E-state index is 5.75. The normalized spacial score (nSPS) is 10.5. The second-order valence-electron chi connectivity index (χ2n) is 3.85. The molecule has 0 fully saturated rings. The minimum absolute atomic E-state index is 0.559. The highest BCUT2D eigenvalue weighted by Crippen LogP contribution is 2.16. The Morgan fingerprint density at radius 2 is 2.18 bits per heavy atom. The number of hydrogen-bond acceptors (Lipinski definition) is 2. The summed E-state index contributed by atoms with van der Waals surface area (Å²) >= 11 is 2.28. The smallest absolute Gasteiger partial charge is 0.130 e. The molecule has 0 aliphatic carbocycles. The fourth-order valence-electron chi connectivity index (χ4n) is 1.59. The molecule has 0 atom stereocenters. The Balaban J connectivity index is 2.04. The molecule has 1 aromatic carbocycles. The first-order valence-electron chi connectivity index (χ1n) is 5.59. The molecule has 17 heavy (non-hydrogen) atoms. The molecule has 1 aromatic heterocycles. The van der Waals surface area contributed by atoms with E-state index in [9.17, 15) is 0 Å². The average Bonchev–Trinajstić information content (AvgIpc) is 2.68. The van der Waals surface area contributed by atoms with Crippen LogP contribution in [0.15, 0.2) is 30.3 Å². The topological polar surface area (TPSA) is 27.1 Å². The Labute approximate surface area is 115 Å². The van der Waals surface area contributed by atoms with Gasteiger partial charge in [-0.1, -0.05) is 13.0 Å². The van der Waals surface area contributed by atoms with E-state index < -0.39 is 0 Å². The van der Waals surface area contributed by atoms with Crippen molar-refractivity contribution in [3.8, 4) is 5.75 Å². The number of nitrogens with zero attached hydrogens (tertiary/aromatic N) is 2. The van der Waals surface area contributed by atoms with E-state index in [1.807, 2.05) is 36.0 Å². The van der Waals surface area contributed by atoms with Crippen LogP contribution in [0.5, 0.6) is 5.75 Å². The van der Waals surface area contributed by atoms with E-state index in [-0.39, 0.29) is 0 Å². The molecule has 0 unspecified atom stereocenters. The quantitative estimate of drug-likeness (QED) is 0.798. The predicted molar refractivity (Wildman–Crippen MR) is 76.1 cm³/mol. The second kappa shape index (κ2) is 5.53. The standard InChI is InChI=1S/C13H15IN2O/c1-3-11-8-12(16(2)15-11)9-17-13-6-4-5-10(14)7-13/h4-8H,3,9H2,1-2H3. The van der Waals surface area contributed by atoms with Crippen molar-refractivity contribution in [1.29, 1.82) is 0 Å². The van der Waals surface area contributed by atoms with Crippen LogP contribution in [-0.4, -0.2) is 9.78 Å². The lowest BCUT2D eigenvalue weighted by molar-refractivity contribution is 0.294. The first-order valence-corrected chi connectivity index (χ1v) is 6.67. The molecule has 2 aromatic rings. The lowest BCUT2D eigenvalue weighted by Crippen LogP contribution is -2.03. The van der Waals surface area contributed by atoms with Crippen LogP contribution in [0.1, 0.15) is 18.3 Å². The lowest BCUT2D eigenvalue weighted by atomic mass is 10.3. The molecular formula is C13H15IN2O. The zero-order valence-corrected chi connectivity index (χ0v) is 12.1. The van der Waals surface area contributed by atoms with E-state index in [2.05, 4.69) is 40.7 Å². The van der Waals surface area contributed by atoms with Crippen molar-refractivity contribution < 1.29 is 4.74 Å². The molecule has 0 aliphatic heterocycles. The largest absolute Gasteiger partial charge is 0.487 e. The van der Waals surface area contributed by atoms with E-state index in [4.69, 9.17) is 4.74 Å². The van der Waals surface area contributed by atoms with E-state index in [0.29, 0.717) is 6.61 Å². The van der Waals surface area contributed by atoms with Crippen molar-refractivity contribution in [1.82, 2.24) is 9.78 Å². The monoisotopic (exact) mass is 342 g/mol. The molecule has 4 heteroatoms. The molecule has 0 saturated heterocycles. The van der Waals surface area contributed by atoms with Crippen LogP contribution in [0.25, 0.3) is 0 Å². The average molecular weight is 342 g/mol. The summed E-state index contributed by atoms with van der Waals surface area (Å²) in [6, 6.07) is 10.1. The Morgan fingerprint density at radius 3 is 2.82 bits per heavy atom. The highest BCUT2D eigenvalue weighted by molar-refractivity contribution is 14.1. The second-order valence-corrected chi connectivity index (χ2v) is 5.10. The number of aromatic nitrogens is 2. The Morgan fingerprint density at radius 1 is 1.35 bits per heavy atom. The SMILES string of the molecule is CCc1cc(COc2cccc(I)c2)n(C)n1. The number of aryl methyl sites for hydroxylation is 2. The molecule has 0 spiro atoms. The summed E-state index contributed by atoms with van der Waals surface area (Å²) in [6.45, 7) is 2.66. The van der Waals surface area contributed by atoms with Gasteiger partial charge in [0, 0.05) is 10.6 Å².